The van der Waals surface area contributed by atoms with Gasteiger partial charge < -0.3 is 5.73 Å². The average Bonchev–Trinajstić information content (AvgIpc) is 2.09. The first-order valence-electron chi connectivity index (χ1n) is 3.80. The van der Waals surface area contributed by atoms with Gasteiger partial charge in [-0.3, -0.25) is 0 Å². The van der Waals surface area contributed by atoms with E-state index in [0.29, 0.717) is 13.0 Å². The summed E-state index contributed by atoms with van der Waals surface area (Å²) in [5.41, 5.74) is 6.12. The first-order valence-corrected chi connectivity index (χ1v) is 3.80. The van der Waals surface area contributed by atoms with Crippen LogP contribution in [0.25, 0.3) is 0 Å². The molecular formula is C9H11N3. The van der Waals surface area contributed by atoms with Gasteiger partial charge in [-0.1, -0.05) is 11.8 Å². The molecule has 1 rings (SSSR count). The van der Waals surface area contributed by atoms with E-state index < -0.39 is 0 Å². The van der Waals surface area contributed by atoms with E-state index in [2.05, 4.69) is 21.8 Å². The number of nitrogens with two attached hydrogens (primary N) is 1. The SMILES string of the molecule is Cc1ncc(C#CCCN)cn1. The van der Waals surface area contributed by atoms with Crippen LogP contribution in [-0.2, 0) is 0 Å². The van der Waals surface area contributed by atoms with E-state index in [1.54, 1.807) is 12.4 Å². The van der Waals surface area contributed by atoms with Gasteiger partial charge in [-0.15, -0.1) is 0 Å². The summed E-state index contributed by atoms with van der Waals surface area (Å²) in [6.07, 6.45) is 4.14. The number of aromatic nitrogens is 2. The molecule has 0 unspecified atom stereocenters. The molecule has 3 heteroatoms. The fraction of sp³-hybridized carbons (Fsp3) is 0.333. The summed E-state index contributed by atoms with van der Waals surface area (Å²) in [6, 6.07) is 0. The molecule has 0 radical (unpaired) electrons. The van der Waals surface area contributed by atoms with Crippen molar-refractivity contribution in [3.05, 3.63) is 23.8 Å². The van der Waals surface area contributed by atoms with Gasteiger partial charge in [0.25, 0.3) is 0 Å². The fourth-order valence-corrected chi connectivity index (χ4v) is 0.694. The normalized spacial score (nSPS) is 8.83. The third kappa shape index (κ3) is 2.69. The summed E-state index contributed by atoms with van der Waals surface area (Å²) in [5.74, 6) is 6.60. The molecule has 1 heterocycles. The van der Waals surface area contributed by atoms with Crippen LogP contribution in [0, 0.1) is 18.8 Å². The second-order valence-electron chi connectivity index (χ2n) is 2.36. The number of aryl methyl sites for hydroxylation is 1. The average molecular weight is 161 g/mol. The van der Waals surface area contributed by atoms with Crippen molar-refractivity contribution in [2.75, 3.05) is 6.54 Å². The highest BCUT2D eigenvalue weighted by Crippen LogP contribution is 1.91. The molecule has 0 amide bonds. The van der Waals surface area contributed by atoms with Crippen molar-refractivity contribution in [3.63, 3.8) is 0 Å². The summed E-state index contributed by atoms with van der Waals surface area (Å²) >= 11 is 0. The Balaban J connectivity index is 2.66. The van der Waals surface area contributed by atoms with Gasteiger partial charge in [0.15, 0.2) is 0 Å². The maximum Gasteiger partial charge on any atom is 0.125 e. The van der Waals surface area contributed by atoms with E-state index in [0.717, 1.165) is 11.4 Å². The third-order valence-corrected chi connectivity index (χ3v) is 1.28. The molecule has 1 aromatic heterocycles. The van der Waals surface area contributed by atoms with Crippen LogP contribution in [0.15, 0.2) is 12.4 Å². The van der Waals surface area contributed by atoms with Crippen LogP contribution in [0.4, 0.5) is 0 Å². The van der Waals surface area contributed by atoms with Crippen LogP contribution in [0.3, 0.4) is 0 Å². The third-order valence-electron chi connectivity index (χ3n) is 1.28. The molecule has 1 aromatic rings. The predicted octanol–water partition coefficient (Wildman–Crippen LogP) is 0.485. The Morgan fingerprint density at radius 3 is 2.67 bits per heavy atom. The first-order chi connectivity index (χ1) is 5.83. The van der Waals surface area contributed by atoms with Gasteiger partial charge in [-0.25, -0.2) is 9.97 Å². The molecule has 0 aliphatic rings. The summed E-state index contributed by atoms with van der Waals surface area (Å²) in [4.78, 5) is 8.03. The quantitative estimate of drug-likeness (QED) is 0.610. The lowest BCUT2D eigenvalue weighted by atomic mass is 10.3. The molecule has 0 aliphatic carbocycles. The highest BCUT2D eigenvalue weighted by Gasteiger charge is 1.86. The van der Waals surface area contributed by atoms with Crippen molar-refractivity contribution in [1.29, 1.82) is 0 Å². The first kappa shape index (κ1) is 8.69. The maximum atomic E-state index is 5.28. The van der Waals surface area contributed by atoms with E-state index in [1.807, 2.05) is 6.92 Å². The van der Waals surface area contributed by atoms with Gasteiger partial charge in [0.1, 0.15) is 5.82 Å². The van der Waals surface area contributed by atoms with E-state index in [9.17, 15) is 0 Å². The lowest BCUT2D eigenvalue weighted by molar-refractivity contribution is 1.03. The molecule has 0 atom stereocenters. The molecule has 0 spiro atoms. The van der Waals surface area contributed by atoms with Gasteiger partial charge in [-0.05, 0) is 6.92 Å². The number of rotatable bonds is 1. The lowest BCUT2D eigenvalue weighted by Crippen LogP contribution is -1.95. The van der Waals surface area contributed by atoms with Crippen LogP contribution in [0.5, 0.6) is 0 Å². The second kappa shape index (κ2) is 4.47. The minimum atomic E-state index is 0.597. The molecule has 2 N–H and O–H groups in total. The second-order valence-corrected chi connectivity index (χ2v) is 2.36. The molecule has 0 saturated carbocycles. The largest absolute Gasteiger partial charge is 0.330 e. The smallest absolute Gasteiger partial charge is 0.125 e. The molecule has 0 bridgehead atoms. The topological polar surface area (TPSA) is 51.8 Å². The molecule has 0 aliphatic heterocycles. The van der Waals surface area contributed by atoms with Crippen LogP contribution in [0.1, 0.15) is 17.8 Å². The Bertz CT molecular complexity index is 292. The zero-order valence-corrected chi connectivity index (χ0v) is 7.04. The van der Waals surface area contributed by atoms with Crippen molar-refractivity contribution in [3.8, 4) is 11.8 Å². The lowest BCUT2D eigenvalue weighted by Gasteiger charge is -1.89. The van der Waals surface area contributed by atoms with Crippen molar-refractivity contribution < 1.29 is 0 Å². The summed E-state index contributed by atoms with van der Waals surface area (Å²) in [6.45, 7) is 2.44. The summed E-state index contributed by atoms with van der Waals surface area (Å²) < 4.78 is 0. The van der Waals surface area contributed by atoms with Crippen LogP contribution in [-0.4, -0.2) is 16.5 Å². The monoisotopic (exact) mass is 161 g/mol. The van der Waals surface area contributed by atoms with Gasteiger partial charge in [0, 0.05) is 25.4 Å². The van der Waals surface area contributed by atoms with Gasteiger partial charge in [0.2, 0.25) is 0 Å². The zero-order valence-electron chi connectivity index (χ0n) is 7.04. The highest BCUT2D eigenvalue weighted by atomic mass is 14.8. The highest BCUT2D eigenvalue weighted by molar-refractivity contribution is 5.29. The Kier molecular flexibility index (Phi) is 3.24. The Morgan fingerprint density at radius 2 is 2.08 bits per heavy atom. The molecule has 3 nitrogen and oxygen atoms in total. The number of hydrogen-bond donors (Lipinski definition) is 1. The van der Waals surface area contributed by atoms with Crippen LogP contribution >= 0.6 is 0 Å². The molecule has 62 valence electrons. The van der Waals surface area contributed by atoms with Crippen molar-refractivity contribution in [1.82, 2.24) is 9.97 Å². The zero-order chi connectivity index (χ0) is 8.81. The standard InChI is InChI=1S/C9H11N3/c1-8-11-6-9(7-12-8)4-2-3-5-10/h6-7H,3,5,10H2,1H3. The number of nitrogens with zero attached hydrogens (tertiary/aromatic N) is 2. The Hall–Kier alpha value is -1.40. The van der Waals surface area contributed by atoms with Gasteiger partial charge in [0.05, 0.1) is 5.56 Å². The minimum Gasteiger partial charge on any atom is -0.330 e. The number of hydrogen-bond acceptors (Lipinski definition) is 3. The van der Waals surface area contributed by atoms with Crippen LogP contribution < -0.4 is 5.73 Å². The Morgan fingerprint density at radius 1 is 1.42 bits per heavy atom. The van der Waals surface area contributed by atoms with E-state index in [-0.39, 0.29) is 0 Å². The Labute approximate surface area is 72.0 Å². The van der Waals surface area contributed by atoms with E-state index in [4.69, 9.17) is 5.73 Å². The molecular weight excluding hydrogens is 150 g/mol. The molecule has 0 aromatic carbocycles. The fourth-order valence-electron chi connectivity index (χ4n) is 0.694. The van der Waals surface area contributed by atoms with Crippen molar-refractivity contribution in [2.45, 2.75) is 13.3 Å². The molecule has 12 heavy (non-hydrogen) atoms. The maximum absolute atomic E-state index is 5.28. The van der Waals surface area contributed by atoms with Crippen molar-refractivity contribution in [2.24, 2.45) is 5.73 Å². The van der Waals surface area contributed by atoms with E-state index >= 15 is 0 Å². The summed E-state index contributed by atoms with van der Waals surface area (Å²) in [7, 11) is 0. The van der Waals surface area contributed by atoms with E-state index in [1.165, 1.54) is 0 Å². The minimum absolute atomic E-state index is 0.597. The van der Waals surface area contributed by atoms with Crippen LogP contribution in [0.2, 0.25) is 0 Å². The summed E-state index contributed by atoms with van der Waals surface area (Å²) in [5, 5.41) is 0. The predicted molar refractivity (Wildman–Crippen MR) is 47.3 cm³/mol. The molecule has 0 fully saturated rings. The van der Waals surface area contributed by atoms with Crippen molar-refractivity contribution >= 4 is 0 Å². The molecule has 0 saturated heterocycles. The van der Waals surface area contributed by atoms with Gasteiger partial charge >= 0.3 is 0 Å². The van der Waals surface area contributed by atoms with Gasteiger partial charge in [-0.2, -0.15) is 0 Å².